The molecule has 0 unspecified atom stereocenters. The highest BCUT2D eigenvalue weighted by atomic mass is 35.5. The number of carbonyl (C=O) groups excluding carboxylic acids is 1. The van der Waals surface area contributed by atoms with Gasteiger partial charge in [0, 0.05) is 24.7 Å². The minimum Gasteiger partial charge on any atom is -0.392 e. The molecule has 0 aromatic heterocycles. The van der Waals surface area contributed by atoms with Gasteiger partial charge in [-0.05, 0) is 17.9 Å². The average molecular weight is 298 g/mol. The van der Waals surface area contributed by atoms with E-state index in [0.29, 0.717) is 13.1 Å². The third-order valence-electron chi connectivity index (χ3n) is 3.52. The summed E-state index contributed by atoms with van der Waals surface area (Å²) in [7, 11) is 0. The lowest BCUT2D eigenvalue weighted by molar-refractivity contribution is -0.383. The van der Waals surface area contributed by atoms with Gasteiger partial charge in [0.1, 0.15) is 5.69 Å². The van der Waals surface area contributed by atoms with Gasteiger partial charge in [0.15, 0.2) is 0 Å². The normalized spacial score (nSPS) is 17.2. The van der Waals surface area contributed by atoms with Gasteiger partial charge in [-0.3, -0.25) is 14.9 Å². The third kappa shape index (κ3) is 2.70. The summed E-state index contributed by atoms with van der Waals surface area (Å²) in [4.78, 5) is 24.3. The molecule has 2 N–H and O–H groups in total. The Morgan fingerprint density at radius 3 is 2.65 bits per heavy atom. The maximum atomic E-state index is 12.4. The van der Waals surface area contributed by atoms with Crippen molar-refractivity contribution in [1.29, 1.82) is 0 Å². The van der Waals surface area contributed by atoms with Crippen molar-refractivity contribution in [2.75, 3.05) is 18.8 Å². The van der Waals surface area contributed by atoms with Gasteiger partial charge in [0.25, 0.3) is 11.6 Å². The quantitative estimate of drug-likeness (QED) is 0.516. The highest BCUT2D eigenvalue weighted by Gasteiger charge is 2.33. The average Bonchev–Trinajstić information content (AvgIpc) is 2.71. The fraction of sp³-hybridized carbons (Fsp3) is 0.462. The van der Waals surface area contributed by atoms with Crippen molar-refractivity contribution >= 4 is 28.9 Å². The van der Waals surface area contributed by atoms with Crippen LogP contribution >= 0.6 is 11.6 Å². The summed E-state index contributed by atoms with van der Waals surface area (Å²) in [5.74, 6) is -0.249. The Morgan fingerprint density at radius 2 is 2.15 bits per heavy atom. The van der Waals surface area contributed by atoms with Gasteiger partial charge in [-0.15, -0.1) is 0 Å². The number of halogens is 1. The molecule has 2 rings (SSSR count). The number of nitro groups is 1. The van der Waals surface area contributed by atoms with Crippen LogP contribution in [0.1, 0.15) is 30.6 Å². The van der Waals surface area contributed by atoms with Gasteiger partial charge in [-0.1, -0.05) is 25.4 Å². The number of amides is 1. The third-order valence-corrected chi connectivity index (χ3v) is 3.83. The van der Waals surface area contributed by atoms with Gasteiger partial charge in [0.05, 0.1) is 9.95 Å². The molecular formula is C13H16ClN3O3. The number of rotatable bonds is 2. The Hall–Kier alpha value is -1.82. The molecule has 1 aromatic rings. The highest BCUT2D eigenvalue weighted by Crippen LogP contribution is 2.33. The van der Waals surface area contributed by atoms with Crippen LogP contribution in [0, 0.1) is 15.5 Å². The number of nitrogens with zero attached hydrogens (tertiary/aromatic N) is 2. The first-order chi connectivity index (χ1) is 9.21. The minimum absolute atomic E-state index is 0.0287. The predicted octanol–water partition coefficient (Wildman–Crippen LogP) is 2.70. The van der Waals surface area contributed by atoms with Crippen molar-refractivity contribution < 1.29 is 9.72 Å². The summed E-state index contributed by atoms with van der Waals surface area (Å²) in [5, 5.41) is 10.9. The number of nitro benzene ring substituents is 1. The minimum atomic E-state index is -0.633. The first-order valence-electron chi connectivity index (χ1n) is 6.24. The van der Waals surface area contributed by atoms with Crippen LogP contribution in [0.25, 0.3) is 0 Å². The zero-order chi connectivity index (χ0) is 15.1. The number of nitrogens with two attached hydrogens (primary N) is 1. The molecule has 1 aromatic carbocycles. The lowest BCUT2D eigenvalue weighted by Crippen LogP contribution is -2.30. The van der Waals surface area contributed by atoms with E-state index in [4.69, 9.17) is 17.3 Å². The number of benzene rings is 1. The van der Waals surface area contributed by atoms with Gasteiger partial charge < -0.3 is 10.6 Å². The Kier molecular flexibility index (Phi) is 3.60. The topological polar surface area (TPSA) is 89.5 Å². The molecule has 0 saturated carbocycles. The van der Waals surface area contributed by atoms with E-state index in [2.05, 4.69) is 13.8 Å². The summed E-state index contributed by atoms with van der Waals surface area (Å²) in [6.45, 7) is 5.43. The Labute approximate surface area is 121 Å². The molecule has 1 heterocycles. The highest BCUT2D eigenvalue weighted by molar-refractivity contribution is 6.34. The van der Waals surface area contributed by atoms with E-state index in [1.54, 1.807) is 4.90 Å². The molecule has 1 amide bonds. The van der Waals surface area contributed by atoms with Crippen molar-refractivity contribution in [2.24, 2.45) is 5.41 Å². The molecule has 0 bridgehead atoms. The molecular weight excluding hydrogens is 282 g/mol. The van der Waals surface area contributed by atoms with Crippen LogP contribution < -0.4 is 5.73 Å². The first-order valence-corrected chi connectivity index (χ1v) is 6.62. The van der Waals surface area contributed by atoms with Crippen molar-refractivity contribution in [3.05, 3.63) is 32.8 Å². The summed E-state index contributed by atoms with van der Waals surface area (Å²) >= 11 is 5.87. The Bertz CT molecular complexity index is 586. The Balaban J connectivity index is 2.34. The van der Waals surface area contributed by atoms with E-state index >= 15 is 0 Å². The van der Waals surface area contributed by atoms with E-state index < -0.39 is 4.92 Å². The van der Waals surface area contributed by atoms with Gasteiger partial charge in [-0.25, -0.2) is 0 Å². The van der Waals surface area contributed by atoms with Crippen LogP contribution in [0.5, 0.6) is 0 Å². The second-order valence-electron chi connectivity index (χ2n) is 5.79. The fourth-order valence-electron chi connectivity index (χ4n) is 2.35. The fourth-order valence-corrected chi connectivity index (χ4v) is 2.56. The van der Waals surface area contributed by atoms with Crippen molar-refractivity contribution in [3.63, 3.8) is 0 Å². The molecule has 6 nitrogen and oxygen atoms in total. The standard InChI is InChI=1S/C13H16ClN3O3/c1-13(2)3-4-16(7-13)12(18)8-5-9(14)11(15)10(6-8)17(19)20/h5-6H,3-4,7,15H2,1-2H3. The molecule has 0 spiro atoms. The lowest BCUT2D eigenvalue weighted by atomic mass is 9.93. The van der Waals surface area contributed by atoms with Crippen molar-refractivity contribution in [1.82, 2.24) is 4.90 Å². The number of nitrogen functional groups attached to an aromatic ring is 1. The van der Waals surface area contributed by atoms with Crippen LogP contribution in [0.3, 0.4) is 0 Å². The zero-order valence-electron chi connectivity index (χ0n) is 11.4. The summed E-state index contributed by atoms with van der Waals surface area (Å²) in [6, 6.07) is 2.58. The van der Waals surface area contributed by atoms with E-state index in [1.165, 1.54) is 12.1 Å². The van der Waals surface area contributed by atoms with Crippen LogP contribution in [0.2, 0.25) is 5.02 Å². The number of likely N-dealkylation sites (tertiary alicyclic amines) is 1. The molecule has 1 aliphatic heterocycles. The van der Waals surface area contributed by atoms with E-state index in [0.717, 1.165) is 6.42 Å². The van der Waals surface area contributed by atoms with E-state index in [9.17, 15) is 14.9 Å². The van der Waals surface area contributed by atoms with Crippen LogP contribution in [0.4, 0.5) is 11.4 Å². The predicted molar refractivity (Wildman–Crippen MR) is 76.8 cm³/mol. The van der Waals surface area contributed by atoms with E-state index in [1.807, 2.05) is 0 Å². The number of carbonyl (C=O) groups is 1. The Morgan fingerprint density at radius 1 is 1.50 bits per heavy atom. The number of hydrogen-bond donors (Lipinski definition) is 1. The van der Waals surface area contributed by atoms with Crippen LogP contribution in [0.15, 0.2) is 12.1 Å². The van der Waals surface area contributed by atoms with Crippen LogP contribution in [-0.2, 0) is 0 Å². The summed E-state index contributed by atoms with van der Waals surface area (Å²) < 4.78 is 0. The molecule has 1 aliphatic rings. The smallest absolute Gasteiger partial charge is 0.294 e. The molecule has 108 valence electrons. The largest absolute Gasteiger partial charge is 0.392 e. The molecule has 0 atom stereocenters. The van der Waals surface area contributed by atoms with Gasteiger partial charge in [0.2, 0.25) is 0 Å². The van der Waals surface area contributed by atoms with Crippen molar-refractivity contribution in [3.8, 4) is 0 Å². The zero-order valence-corrected chi connectivity index (χ0v) is 12.1. The maximum Gasteiger partial charge on any atom is 0.294 e. The second-order valence-corrected chi connectivity index (χ2v) is 6.20. The molecule has 0 aliphatic carbocycles. The number of hydrogen-bond acceptors (Lipinski definition) is 4. The monoisotopic (exact) mass is 297 g/mol. The molecule has 1 fully saturated rings. The maximum absolute atomic E-state index is 12.4. The number of anilines is 1. The molecule has 1 saturated heterocycles. The van der Waals surface area contributed by atoms with Gasteiger partial charge in [-0.2, -0.15) is 0 Å². The summed E-state index contributed by atoms with van der Waals surface area (Å²) in [6.07, 6.45) is 0.906. The molecule has 7 heteroatoms. The van der Waals surface area contributed by atoms with E-state index in [-0.39, 0.29) is 33.3 Å². The summed E-state index contributed by atoms with van der Waals surface area (Å²) in [5.41, 5.74) is 5.37. The lowest BCUT2D eigenvalue weighted by Gasteiger charge is -2.20. The van der Waals surface area contributed by atoms with Gasteiger partial charge >= 0.3 is 0 Å². The van der Waals surface area contributed by atoms with Crippen molar-refractivity contribution in [2.45, 2.75) is 20.3 Å². The second kappa shape index (κ2) is 4.94. The SMILES string of the molecule is CC1(C)CCN(C(=O)c2cc(Cl)c(N)c([N+](=O)[O-])c2)C1. The molecule has 20 heavy (non-hydrogen) atoms. The first kappa shape index (κ1) is 14.6. The van der Waals surface area contributed by atoms with Crippen LogP contribution in [-0.4, -0.2) is 28.8 Å². The molecule has 0 radical (unpaired) electrons.